The molecule has 0 fully saturated rings. The molecule has 3 aromatic rings. The number of aromatic nitrogens is 2. The van der Waals surface area contributed by atoms with Gasteiger partial charge < -0.3 is 4.98 Å². The van der Waals surface area contributed by atoms with Gasteiger partial charge >= 0.3 is 0 Å². The molecule has 26 heavy (non-hydrogen) atoms. The van der Waals surface area contributed by atoms with Gasteiger partial charge in [0, 0.05) is 23.5 Å². The van der Waals surface area contributed by atoms with Gasteiger partial charge in [-0.05, 0) is 54.7 Å². The molecule has 0 saturated heterocycles. The van der Waals surface area contributed by atoms with Crippen LogP contribution in [0.3, 0.4) is 0 Å². The number of aromatic amines is 1. The number of aryl methyl sites for hydroxylation is 1. The molecule has 1 aromatic heterocycles. The number of hydrogen-bond acceptors (Lipinski definition) is 3. The van der Waals surface area contributed by atoms with Crippen molar-refractivity contribution in [1.82, 2.24) is 9.97 Å². The summed E-state index contributed by atoms with van der Waals surface area (Å²) in [7, 11) is -3.27. The Labute approximate surface area is 154 Å². The first-order valence-electron chi connectivity index (χ1n) is 8.44. The largest absolute Gasteiger partial charge is 0.348 e. The molecule has 1 unspecified atom stereocenters. The quantitative estimate of drug-likeness (QED) is 0.694. The van der Waals surface area contributed by atoms with Crippen LogP contribution in [0.5, 0.6) is 0 Å². The number of hydrogen-bond donors (Lipinski definition) is 2. The first kappa shape index (κ1) is 18.2. The number of H-pyrrole nitrogens is 1. The van der Waals surface area contributed by atoms with Crippen molar-refractivity contribution in [3.63, 3.8) is 0 Å². The maximum atomic E-state index is 11.4. The second-order valence-corrected chi connectivity index (χ2v) is 8.37. The van der Waals surface area contributed by atoms with Gasteiger partial charge in [0.05, 0.1) is 12.6 Å². The van der Waals surface area contributed by atoms with Crippen molar-refractivity contribution in [2.75, 3.05) is 11.0 Å². The molecule has 0 aliphatic rings. The molecule has 136 valence electrons. The predicted octanol–water partition coefficient (Wildman–Crippen LogP) is 3.77. The third-order valence-electron chi connectivity index (χ3n) is 4.61. The Morgan fingerprint density at radius 3 is 2.46 bits per heavy atom. The van der Waals surface area contributed by atoms with Crippen LogP contribution in [0, 0.1) is 13.8 Å². The molecule has 0 radical (unpaired) electrons. The molecule has 0 saturated carbocycles. The Kier molecular flexibility index (Phi) is 5.13. The van der Waals surface area contributed by atoms with Crippen LogP contribution in [0.25, 0.3) is 0 Å². The highest BCUT2D eigenvalue weighted by Gasteiger charge is 2.19. The molecule has 1 atom stereocenters. The third-order valence-corrected chi connectivity index (χ3v) is 5.22. The third kappa shape index (κ3) is 4.32. The highest BCUT2D eigenvalue weighted by atomic mass is 32.2. The predicted molar refractivity (Wildman–Crippen MR) is 105 cm³/mol. The molecule has 3 rings (SSSR count). The van der Waals surface area contributed by atoms with E-state index < -0.39 is 10.0 Å². The van der Waals surface area contributed by atoms with E-state index in [-0.39, 0.29) is 5.92 Å². The van der Waals surface area contributed by atoms with E-state index in [1.807, 2.05) is 18.3 Å². The van der Waals surface area contributed by atoms with E-state index in [0.717, 1.165) is 23.9 Å². The molecule has 2 aromatic carbocycles. The fourth-order valence-electron chi connectivity index (χ4n) is 3.15. The Hall–Kier alpha value is -2.60. The Bertz CT molecular complexity index is 978. The van der Waals surface area contributed by atoms with Crippen LogP contribution >= 0.6 is 0 Å². The zero-order valence-corrected chi connectivity index (χ0v) is 16.0. The number of benzene rings is 2. The van der Waals surface area contributed by atoms with Crippen LogP contribution in [0.15, 0.2) is 55.0 Å². The van der Waals surface area contributed by atoms with Crippen molar-refractivity contribution in [1.29, 1.82) is 0 Å². The van der Waals surface area contributed by atoms with Gasteiger partial charge in [-0.15, -0.1) is 0 Å². The van der Waals surface area contributed by atoms with Crippen LogP contribution in [0.1, 0.15) is 33.9 Å². The number of sulfonamides is 1. The molecule has 1 heterocycles. The molecule has 0 amide bonds. The maximum Gasteiger partial charge on any atom is 0.229 e. The Balaban J connectivity index is 1.91. The minimum absolute atomic E-state index is 0.158. The number of rotatable bonds is 6. The van der Waals surface area contributed by atoms with Crippen molar-refractivity contribution in [3.05, 3.63) is 82.9 Å². The molecule has 0 aliphatic carbocycles. The van der Waals surface area contributed by atoms with Gasteiger partial charge in [0.2, 0.25) is 10.0 Å². The lowest BCUT2D eigenvalue weighted by molar-refractivity contribution is 0.607. The highest BCUT2D eigenvalue weighted by molar-refractivity contribution is 7.92. The summed E-state index contributed by atoms with van der Waals surface area (Å²) in [5.41, 5.74) is 6.58. The van der Waals surface area contributed by atoms with E-state index in [2.05, 4.69) is 46.7 Å². The highest BCUT2D eigenvalue weighted by Crippen LogP contribution is 2.31. The monoisotopic (exact) mass is 369 g/mol. The van der Waals surface area contributed by atoms with Crippen LogP contribution in [0.2, 0.25) is 0 Å². The fourth-order valence-corrected chi connectivity index (χ4v) is 3.72. The van der Waals surface area contributed by atoms with E-state index in [4.69, 9.17) is 0 Å². The van der Waals surface area contributed by atoms with Crippen molar-refractivity contribution < 1.29 is 8.42 Å². The summed E-state index contributed by atoms with van der Waals surface area (Å²) in [4.78, 5) is 7.43. The first-order valence-corrected chi connectivity index (χ1v) is 10.3. The number of imidazole rings is 1. The zero-order chi connectivity index (χ0) is 18.7. The number of nitrogens with one attached hydrogen (secondary N) is 2. The zero-order valence-electron chi connectivity index (χ0n) is 15.2. The van der Waals surface area contributed by atoms with E-state index in [0.29, 0.717) is 5.69 Å². The van der Waals surface area contributed by atoms with Gasteiger partial charge in [0.15, 0.2) is 0 Å². The van der Waals surface area contributed by atoms with Gasteiger partial charge in [-0.1, -0.05) is 30.3 Å². The van der Waals surface area contributed by atoms with Crippen LogP contribution < -0.4 is 4.72 Å². The van der Waals surface area contributed by atoms with E-state index >= 15 is 0 Å². The smallest absolute Gasteiger partial charge is 0.229 e. The van der Waals surface area contributed by atoms with Gasteiger partial charge in [-0.25, -0.2) is 13.4 Å². The van der Waals surface area contributed by atoms with Crippen molar-refractivity contribution in [2.45, 2.75) is 26.2 Å². The molecular weight excluding hydrogens is 346 g/mol. The van der Waals surface area contributed by atoms with Crippen molar-refractivity contribution >= 4 is 15.7 Å². The molecule has 0 spiro atoms. The molecular formula is C20H23N3O2S. The Morgan fingerprint density at radius 1 is 1.12 bits per heavy atom. The van der Waals surface area contributed by atoms with E-state index in [1.165, 1.54) is 16.7 Å². The summed E-state index contributed by atoms with van der Waals surface area (Å²) in [6.07, 6.45) is 5.51. The lowest BCUT2D eigenvalue weighted by Crippen LogP contribution is -2.10. The lowest BCUT2D eigenvalue weighted by atomic mass is 9.85. The van der Waals surface area contributed by atoms with Crippen molar-refractivity contribution in [3.8, 4) is 0 Å². The standard InChI is InChI=1S/C20H23N3O2S/c1-14-5-4-6-18(15(14)2)19(20-12-21-13-22-20)11-16-7-9-17(10-8-16)23-26(3,24)25/h4-10,12-13,19,23H,11H2,1-3H3,(H,21,22). The topological polar surface area (TPSA) is 74.8 Å². The average molecular weight is 369 g/mol. The normalized spacial score (nSPS) is 12.7. The average Bonchev–Trinajstić information content (AvgIpc) is 3.10. The van der Waals surface area contributed by atoms with Crippen LogP contribution in [-0.2, 0) is 16.4 Å². The molecule has 0 bridgehead atoms. The second kappa shape index (κ2) is 7.33. The maximum absolute atomic E-state index is 11.4. The van der Waals surface area contributed by atoms with Crippen LogP contribution in [0.4, 0.5) is 5.69 Å². The molecule has 5 nitrogen and oxygen atoms in total. The SMILES string of the molecule is Cc1cccc(C(Cc2ccc(NS(C)(=O)=O)cc2)c2cnc[nH]2)c1C. The molecule has 6 heteroatoms. The van der Waals surface area contributed by atoms with E-state index in [1.54, 1.807) is 18.5 Å². The summed E-state index contributed by atoms with van der Waals surface area (Å²) < 4.78 is 25.2. The molecule has 2 N–H and O–H groups in total. The summed E-state index contributed by atoms with van der Waals surface area (Å²) in [6.45, 7) is 4.27. The summed E-state index contributed by atoms with van der Waals surface area (Å²) in [5, 5.41) is 0. The lowest BCUT2D eigenvalue weighted by Gasteiger charge is -2.20. The minimum atomic E-state index is -3.27. The van der Waals surface area contributed by atoms with Gasteiger partial charge in [0.1, 0.15) is 0 Å². The first-order chi connectivity index (χ1) is 12.3. The second-order valence-electron chi connectivity index (χ2n) is 6.62. The minimum Gasteiger partial charge on any atom is -0.348 e. The van der Waals surface area contributed by atoms with Gasteiger partial charge in [-0.2, -0.15) is 0 Å². The Morgan fingerprint density at radius 2 is 1.85 bits per heavy atom. The fraction of sp³-hybridized carbons (Fsp3) is 0.250. The summed E-state index contributed by atoms with van der Waals surface area (Å²) in [6, 6.07) is 13.9. The summed E-state index contributed by atoms with van der Waals surface area (Å²) >= 11 is 0. The number of anilines is 1. The van der Waals surface area contributed by atoms with Crippen molar-refractivity contribution in [2.24, 2.45) is 0 Å². The summed E-state index contributed by atoms with van der Waals surface area (Å²) in [5.74, 6) is 0.158. The number of nitrogens with zero attached hydrogens (tertiary/aromatic N) is 1. The van der Waals surface area contributed by atoms with Crippen LogP contribution in [-0.4, -0.2) is 24.6 Å². The van der Waals surface area contributed by atoms with E-state index in [9.17, 15) is 8.42 Å². The van der Waals surface area contributed by atoms with Gasteiger partial charge in [0.25, 0.3) is 0 Å². The van der Waals surface area contributed by atoms with Gasteiger partial charge in [-0.3, -0.25) is 4.72 Å². The molecule has 0 aliphatic heterocycles.